The summed E-state index contributed by atoms with van der Waals surface area (Å²) in [5, 5.41) is 0. The maximum Gasteiger partial charge on any atom is -0.00340 e. The van der Waals surface area contributed by atoms with Crippen molar-refractivity contribution in [1.82, 2.24) is 0 Å². The van der Waals surface area contributed by atoms with Crippen LogP contribution in [-0.2, 0) is 0 Å². The second-order valence-corrected chi connectivity index (χ2v) is 19.1. The van der Waals surface area contributed by atoms with Gasteiger partial charge < -0.3 is 0 Å². The van der Waals surface area contributed by atoms with Gasteiger partial charge in [0.15, 0.2) is 0 Å². The van der Waals surface area contributed by atoms with Crippen LogP contribution in [0.3, 0.4) is 0 Å². The summed E-state index contributed by atoms with van der Waals surface area (Å²) < 4.78 is 0. The Balaban J connectivity index is -0.0000000450. The molecule has 6 heavy (non-hydrogen) atoms. The number of hydrogen-bond acceptors (Lipinski definition) is 0. The zero-order valence-electron chi connectivity index (χ0n) is 3.21. The average Bonchev–Trinajstić information content (AvgIpc) is 1.37. The molecule has 0 N–H and O–H groups in total. The van der Waals surface area contributed by atoms with Gasteiger partial charge in [-0.25, -0.2) is 0 Å². The second-order valence-electron chi connectivity index (χ2n) is 0.707. The lowest BCUT2D eigenvalue weighted by Crippen LogP contribution is -2.00. The number of rotatable bonds is 1. The highest BCUT2D eigenvalue weighted by Crippen LogP contribution is 1.24. The molecule has 2 radical (unpaired) electrons. The van der Waals surface area contributed by atoms with Crippen molar-refractivity contribution in [3.8, 4) is 0 Å². The smallest absolute Gasteiger partial charge is 0.00340 e. The van der Waals surface area contributed by atoms with Gasteiger partial charge in [-0.1, -0.05) is 14.9 Å². The summed E-state index contributed by atoms with van der Waals surface area (Å²) in [5.41, 5.74) is 0. The first-order valence-electron chi connectivity index (χ1n) is 1.56. The molecule has 0 saturated heterocycles. The fraction of sp³-hybridized carbons (Fsp3) is 1.00. The van der Waals surface area contributed by atoms with E-state index in [1.807, 2.05) is 0 Å². The lowest BCUT2D eigenvalue weighted by molar-refractivity contribution is 2.50. The zero-order chi connectivity index (χ0) is 3.41. The van der Waals surface area contributed by atoms with E-state index in [0.717, 1.165) is 0 Å². The topological polar surface area (TPSA) is 0 Å². The minimum Gasteiger partial charge on any atom is -0.0776 e. The van der Waals surface area contributed by atoms with Crippen LogP contribution in [0.5, 0.6) is 0 Å². The van der Waals surface area contributed by atoms with Gasteiger partial charge in [0.05, 0.1) is 0 Å². The molecule has 0 unspecified atom stereocenters. The van der Waals surface area contributed by atoms with Gasteiger partial charge in [0, 0.05) is 0 Å². The van der Waals surface area contributed by atoms with Crippen LogP contribution in [0, 0.1) is 0 Å². The van der Waals surface area contributed by atoms with E-state index in [1.54, 1.807) is 9.76 Å². The fourth-order valence-electron chi connectivity index (χ4n) is 0. The highest BCUT2D eigenvalue weighted by atomic mass is 29.7. The molecule has 0 aromatic carbocycles. The Hall–Kier alpha value is 0.868. The summed E-state index contributed by atoms with van der Waals surface area (Å²) >= 11 is 0. The van der Waals surface area contributed by atoms with Gasteiger partial charge in [-0.3, -0.25) is 0 Å². The third-order valence-electron chi connectivity index (χ3n) is 0.354. The van der Waals surface area contributed by atoms with Gasteiger partial charge >= 0.3 is 0 Å². The summed E-state index contributed by atoms with van der Waals surface area (Å²) in [6, 6.07) is 0. The monoisotopic (exact) mass is 152 g/mol. The van der Waals surface area contributed by atoms with Crippen molar-refractivity contribution in [3.63, 3.8) is 0 Å². The minimum absolute atomic E-state index is 0. The van der Waals surface area contributed by atoms with Crippen molar-refractivity contribution in [1.29, 1.82) is 0 Å². The number of hydrogen-bond donors (Lipinski definition) is 0. The lowest BCUT2D eigenvalue weighted by Gasteiger charge is -1.62. The molecule has 0 aliphatic rings. The van der Waals surface area contributed by atoms with Crippen LogP contribution >= 0.6 is 0 Å². The van der Waals surface area contributed by atoms with E-state index in [2.05, 4.69) is 0 Å². The van der Waals surface area contributed by atoms with Gasteiger partial charge in [-0.2, -0.15) is 0 Å². The van der Waals surface area contributed by atoms with E-state index in [-0.39, 0.29) is 14.9 Å². The van der Waals surface area contributed by atoms with Gasteiger partial charge in [-0.05, 0) is 36.6 Å². The van der Waals surface area contributed by atoms with Crippen LogP contribution in [0.4, 0.5) is 0 Å². The standard InChI is InChI=1S/2CH4.H8Si4/c;;1-3-4-2/h2*1H4;3H2,1-2H3. The molecule has 0 aliphatic heterocycles. The second kappa shape index (κ2) is 16.9. The van der Waals surface area contributed by atoms with Gasteiger partial charge in [0.2, 0.25) is 0 Å². The maximum atomic E-state index is 1.58. The molecule has 0 aromatic rings. The molecule has 0 aromatic heterocycles. The first kappa shape index (κ1) is 15.8. The van der Waals surface area contributed by atoms with Crippen LogP contribution in [0.2, 0.25) is 0 Å². The predicted octanol–water partition coefficient (Wildman–Crippen LogP) is -2.39. The van der Waals surface area contributed by atoms with Crippen molar-refractivity contribution in [3.05, 3.63) is 0 Å². The first-order chi connectivity index (χ1) is 1.91. The summed E-state index contributed by atoms with van der Waals surface area (Å²) in [5.74, 6) is 0. The van der Waals surface area contributed by atoms with Gasteiger partial charge in [-0.15, -0.1) is 0 Å². The third kappa shape index (κ3) is 20.9. The van der Waals surface area contributed by atoms with Crippen LogP contribution < -0.4 is 0 Å². The van der Waals surface area contributed by atoms with Crippen LogP contribution in [0.1, 0.15) is 14.9 Å². The van der Waals surface area contributed by atoms with E-state index >= 15 is 0 Å². The molecule has 0 aliphatic carbocycles. The average molecular weight is 152 g/mol. The molecule has 0 heterocycles. The Morgan fingerprint density at radius 2 is 1.50 bits per heavy atom. The normalized spacial score (nSPS) is 8.00. The van der Waals surface area contributed by atoms with E-state index in [4.69, 9.17) is 0 Å². The van der Waals surface area contributed by atoms with Crippen molar-refractivity contribution >= 4 is 36.6 Å². The molecule has 0 amide bonds. The molecule has 4 heteroatoms. The summed E-state index contributed by atoms with van der Waals surface area (Å²) in [6.07, 6.45) is 0. The first-order valence-corrected chi connectivity index (χ1v) is 14.0. The third-order valence-corrected chi connectivity index (χ3v) is 28.6. The predicted molar refractivity (Wildman–Crippen MR) is 47.6 cm³/mol. The quantitative estimate of drug-likeness (QED) is 0.368. The SMILES string of the molecule is C.C.[SiH3][Si][SiH2][SiH3]. The summed E-state index contributed by atoms with van der Waals surface area (Å²) in [7, 11) is 5.22. The van der Waals surface area contributed by atoms with Crippen molar-refractivity contribution in [2.75, 3.05) is 0 Å². The van der Waals surface area contributed by atoms with Crippen LogP contribution in [-0.4, -0.2) is 36.6 Å². The minimum atomic E-state index is 0. The molecular formula is C2H16Si4. The van der Waals surface area contributed by atoms with Crippen molar-refractivity contribution < 1.29 is 0 Å². The lowest BCUT2D eigenvalue weighted by atomic mass is 12.0. The molecule has 40 valence electrons. The molecular weight excluding hydrogens is 136 g/mol. The molecule has 0 nitrogen and oxygen atoms in total. The van der Waals surface area contributed by atoms with Crippen molar-refractivity contribution in [2.24, 2.45) is 0 Å². The van der Waals surface area contributed by atoms with Crippen LogP contribution in [0.15, 0.2) is 0 Å². The Morgan fingerprint density at radius 3 is 1.50 bits per heavy atom. The molecule has 0 bridgehead atoms. The van der Waals surface area contributed by atoms with Crippen LogP contribution in [0.25, 0.3) is 0 Å². The summed E-state index contributed by atoms with van der Waals surface area (Å²) in [4.78, 5) is 0. The molecule has 0 spiro atoms. The van der Waals surface area contributed by atoms with Gasteiger partial charge in [0.25, 0.3) is 0 Å². The van der Waals surface area contributed by atoms with E-state index in [0.29, 0.717) is 8.55 Å². The largest absolute Gasteiger partial charge is 0.0776 e. The van der Waals surface area contributed by atoms with Crippen molar-refractivity contribution in [2.45, 2.75) is 14.9 Å². The summed E-state index contributed by atoms with van der Waals surface area (Å²) in [6.45, 7) is 0. The highest BCUT2D eigenvalue weighted by Gasteiger charge is 1.61. The van der Waals surface area contributed by atoms with E-state index < -0.39 is 0 Å². The Bertz CT molecular complexity index is 7.51. The Kier molecular flexibility index (Phi) is 44.5. The molecule has 0 fully saturated rings. The fourth-order valence-corrected chi connectivity index (χ4v) is 0. The highest BCUT2D eigenvalue weighted by molar-refractivity contribution is 7.37. The maximum absolute atomic E-state index is 1.58. The Morgan fingerprint density at radius 1 is 1.33 bits per heavy atom. The molecule has 0 saturated carbocycles. The van der Waals surface area contributed by atoms with E-state index in [9.17, 15) is 0 Å². The molecule has 0 atom stereocenters. The van der Waals surface area contributed by atoms with E-state index in [1.165, 1.54) is 18.3 Å². The Labute approximate surface area is 52.0 Å². The van der Waals surface area contributed by atoms with Gasteiger partial charge in [0.1, 0.15) is 0 Å². The zero-order valence-corrected chi connectivity index (χ0v) is 9.62. The molecule has 0 rings (SSSR count).